The molecule has 0 aliphatic rings. The van der Waals surface area contributed by atoms with Crippen molar-refractivity contribution in [1.29, 1.82) is 0 Å². The number of nitrogens with zero attached hydrogens (tertiary/aromatic N) is 2. The van der Waals surface area contributed by atoms with E-state index in [0.29, 0.717) is 5.52 Å². The Balaban J connectivity index is 2.91. The highest BCUT2D eigenvalue weighted by molar-refractivity contribution is 5.83. The van der Waals surface area contributed by atoms with Crippen LogP contribution >= 0.6 is 0 Å². The zero-order valence-corrected chi connectivity index (χ0v) is 5.69. The lowest BCUT2D eigenvalue weighted by molar-refractivity contribution is 0.359. The third-order valence-electron chi connectivity index (χ3n) is 1.51. The maximum Gasteiger partial charge on any atom is 0.206 e. The summed E-state index contributed by atoms with van der Waals surface area (Å²) in [5, 5.41) is 19.3. The predicted octanol–water partition coefficient (Wildman–Crippen LogP) is 1.77. The van der Waals surface area contributed by atoms with Crippen LogP contribution in [0.1, 0.15) is 0 Å². The van der Waals surface area contributed by atoms with Gasteiger partial charge in [-0.3, -0.25) is 5.11 Å². The molecule has 0 unspecified atom stereocenters. The maximum absolute atomic E-state index is 11.1. The Bertz CT molecular complexity index is 381. The van der Waals surface area contributed by atoms with E-state index in [0.717, 1.165) is 5.39 Å². The largest absolute Gasteiger partial charge is 0.287 e. The van der Waals surface area contributed by atoms with Crippen molar-refractivity contribution in [2.24, 2.45) is 0 Å². The van der Waals surface area contributed by atoms with Crippen LogP contribution in [0.25, 0.3) is 10.9 Å². The van der Waals surface area contributed by atoms with Gasteiger partial charge in [0.15, 0.2) is 0 Å². The van der Waals surface area contributed by atoms with E-state index in [1.54, 1.807) is 18.3 Å². The minimum Gasteiger partial charge on any atom is -0.287 e. The average Bonchev–Trinajstić information content (AvgIpc) is 2.06. The van der Waals surface area contributed by atoms with Gasteiger partial charge in [-0.25, -0.2) is 0 Å². The Morgan fingerprint density at radius 2 is 2.09 bits per heavy atom. The van der Waals surface area contributed by atoms with Crippen molar-refractivity contribution >= 4 is 10.9 Å². The molecule has 1 aromatic carbocycles. The lowest BCUT2D eigenvalue weighted by atomic mass is 10.2. The molecule has 0 N–H and O–H groups in total. The van der Waals surface area contributed by atoms with Gasteiger partial charge in [0.2, 0.25) is 5.75 Å². The summed E-state index contributed by atoms with van der Waals surface area (Å²) in [4.78, 5) is 0. The second-order valence-electron chi connectivity index (χ2n) is 2.23. The quantitative estimate of drug-likeness (QED) is 0.567. The van der Waals surface area contributed by atoms with Gasteiger partial charge >= 0.3 is 0 Å². The molecule has 1 radical (unpaired) electrons. The molecule has 2 rings (SSSR count). The summed E-state index contributed by atoms with van der Waals surface area (Å²) in [6, 6.07) is 6.80. The van der Waals surface area contributed by atoms with Gasteiger partial charge < -0.3 is 0 Å². The Labute approximate surface area is 63.3 Å². The Morgan fingerprint density at radius 3 is 2.91 bits per heavy atom. The zero-order valence-electron chi connectivity index (χ0n) is 5.69. The van der Waals surface area contributed by atoms with Crippen LogP contribution in [0.3, 0.4) is 0 Å². The van der Waals surface area contributed by atoms with E-state index in [4.69, 9.17) is 0 Å². The first-order chi connectivity index (χ1) is 5.38. The summed E-state index contributed by atoms with van der Waals surface area (Å²) in [6.07, 6.45) is 1.57. The molecule has 1 aromatic heterocycles. The molecule has 53 valence electrons. The molecule has 0 aliphatic carbocycles. The molecule has 2 aromatic rings. The second-order valence-corrected chi connectivity index (χ2v) is 2.23. The van der Waals surface area contributed by atoms with Crippen molar-refractivity contribution in [2.75, 3.05) is 0 Å². The van der Waals surface area contributed by atoms with E-state index in [1.807, 2.05) is 6.07 Å². The average molecular weight is 145 g/mol. The topological polar surface area (TPSA) is 45.7 Å². The number of rotatable bonds is 0. The number of hydrogen-bond donors (Lipinski definition) is 0. The number of hydrogen-bond acceptors (Lipinski definition) is 2. The van der Waals surface area contributed by atoms with Crippen LogP contribution in [0.4, 0.5) is 0 Å². The van der Waals surface area contributed by atoms with Crippen molar-refractivity contribution in [2.45, 2.75) is 0 Å². The first-order valence-electron chi connectivity index (χ1n) is 3.25. The van der Waals surface area contributed by atoms with Crippen LogP contribution in [0, 0.1) is 0 Å². The minimum absolute atomic E-state index is 0.0735. The van der Waals surface area contributed by atoms with Crippen molar-refractivity contribution in [3.05, 3.63) is 30.5 Å². The van der Waals surface area contributed by atoms with Gasteiger partial charge in [0.05, 0.1) is 6.20 Å². The third-order valence-corrected chi connectivity index (χ3v) is 1.51. The predicted molar refractivity (Wildman–Crippen MR) is 39.7 cm³/mol. The Hall–Kier alpha value is -1.64. The van der Waals surface area contributed by atoms with Gasteiger partial charge in [0.1, 0.15) is 5.52 Å². The third kappa shape index (κ3) is 0.902. The summed E-state index contributed by atoms with van der Waals surface area (Å²) < 4.78 is 0. The highest BCUT2D eigenvalue weighted by Crippen LogP contribution is 2.20. The molecule has 3 nitrogen and oxygen atoms in total. The molecule has 0 bridgehead atoms. The van der Waals surface area contributed by atoms with Crippen LogP contribution in [-0.4, -0.2) is 10.2 Å². The van der Waals surface area contributed by atoms with E-state index in [9.17, 15) is 5.11 Å². The van der Waals surface area contributed by atoms with Crippen molar-refractivity contribution in [1.82, 2.24) is 10.2 Å². The first-order valence-corrected chi connectivity index (χ1v) is 3.25. The van der Waals surface area contributed by atoms with Crippen LogP contribution in [0.2, 0.25) is 0 Å². The summed E-state index contributed by atoms with van der Waals surface area (Å²) in [6.45, 7) is 0. The standard InChI is InChI=1S/C8H5N2O/c11-7-3-1-2-6-4-5-9-10-8(6)7/h1-5H. The van der Waals surface area contributed by atoms with E-state index in [-0.39, 0.29) is 5.75 Å². The van der Waals surface area contributed by atoms with Gasteiger partial charge in [-0.1, -0.05) is 12.1 Å². The molecule has 0 saturated heterocycles. The van der Waals surface area contributed by atoms with Gasteiger partial charge in [0.25, 0.3) is 0 Å². The van der Waals surface area contributed by atoms with Gasteiger partial charge in [-0.2, -0.15) is 5.10 Å². The summed E-state index contributed by atoms with van der Waals surface area (Å²) >= 11 is 0. The van der Waals surface area contributed by atoms with E-state index < -0.39 is 0 Å². The molecule has 0 amide bonds. The lowest BCUT2D eigenvalue weighted by Gasteiger charge is -1.93. The number of fused-ring (bicyclic) bond motifs is 1. The van der Waals surface area contributed by atoms with E-state index in [2.05, 4.69) is 10.2 Å². The first kappa shape index (κ1) is 6.09. The van der Waals surface area contributed by atoms with Gasteiger partial charge in [-0.15, -0.1) is 5.10 Å². The molecule has 0 saturated carbocycles. The van der Waals surface area contributed by atoms with Crippen LogP contribution < -0.4 is 0 Å². The fraction of sp³-hybridized carbons (Fsp3) is 0. The lowest BCUT2D eigenvalue weighted by Crippen LogP contribution is -1.80. The number of aromatic nitrogens is 2. The smallest absolute Gasteiger partial charge is 0.206 e. The van der Waals surface area contributed by atoms with Crippen LogP contribution in [-0.2, 0) is 5.11 Å². The second kappa shape index (κ2) is 2.20. The molecule has 0 aliphatic heterocycles. The normalized spacial score (nSPS) is 10.2. The van der Waals surface area contributed by atoms with Crippen molar-refractivity contribution in [3.8, 4) is 5.75 Å². The number of benzene rings is 1. The highest BCUT2D eigenvalue weighted by Gasteiger charge is 1.99. The SMILES string of the molecule is [O]c1cccc2ccnnc12. The van der Waals surface area contributed by atoms with Crippen molar-refractivity contribution in [3.63, 3.8) is 0 Å². The van der Waals surface area contributed by atoms with Crippen LogP contribution in [0.15, 0.2) is 30.5 Å². The minimum atomic E-state index is -0.0735. The Kier molecular flexibility index (Phi) is 1.22. The highest BCUT2D eigenvalue weighted by atomic mass is 16.3. The van der Waals surface area contributed by atoms with E-state index >= 15 is 0 Å². The monoisotopic (exact) mass is 145 g/mol. The molecular weight excluding hydrogens is 140 g/mol. The molecule has 0 atom stereocenters. The summed E-state index contributed by atoms with van der Waals surface area (Å²) in [7, 11) is 0. The van der Waals surface area contributed by atoms with E-state index in [1.165, 1.54) is 6.07 Å². The van der Waals surface area contributed by atoms with Gasteiger partial charge in [0, 0.05) is 5.39 Å². The molecule has 11 heavy (non-hydrogen) atoms. The molecule has 3 heteroatoms. The fourth-order valence-electron chi connectivity index (χ4n) is 0.986. The van der Waals surface area contributed by atoms with Crippen LogP contribution in [0.5, 0.6) is 5.75 Å². The molecule has 1 heterocycles. The molecule has 0 spiro atoms. The fourth-order valence-corrected chi connectivity index (χ4v) is 0.986. The zero-order chi connectivity index (χ0) is 7.68. The Morgan fingerprint density at radius 1 is 1.18 bits per heavy atom. The van der Waals surface area contributed by atoms with Crippen molar-refractivity contribution < 1.29 is 5.11 Å². The molecule has 0 fully saturated rings. The maximum atomic E-state index is 11.1. The summed E-state index contributed by atoms with van der Waals surface area (Å²) in [5.74, 6) is -0.0735. The summed E-state index contributed by atoms with van der Waals surface area (Å²) in [5.41, 5.74) is 0.440. The van der Waals surface area contributed by atoms with Gasteiger partial charge in [-0.05, 0) is 12.1 Å². The molecular formula is C8H5N2O.